The number of amides is 2. The van der Waals surface area contributed by atoms with E-state index in [1.165, 1.54) is 6.07 Å². The molecule has 3 aromatic rings. The number of nitrogens with one attached hydrogen (secondary N) is 1. The molecule has 1 spiro atoms. The van der Waals surface area contributed by atoms with Crippen LogP contribution in [0.2, 0.25) is 0 Å². The summed E-state index contributed by atoms with van der Waals surface area (Å²) in [6.07, 6.45) is -2.72. The molecule has 0 bridgehead atoms. The number of halogens is 5. The van der Waals surface area contributed by atoms with Gasteiger partial charge in [0.25, 0.3) is 5.91 Å². The van der Waals surface area contributed by atoms with Crippen LogP contribution in [0.4, 0.5) is 27.6 Å². The first-order chi connectivity index (χ1) is 22.6. The van der Waals surface area contributed by atoms with Gasteiger partial charge in [0.15, 0.2) is 5.67 Å². The van der Waals surface area contributed by atoms with E-state index in [0.717, 1.165) is 30.7 Å². The molecule has 250 valence electrons. The molecule has 3 fully saturated rings. The molecule has 2 amide bonds. The topological polar surface area (TPSA) is 142 Å². The Kier molecular flexibility index (Phi) is 7.15. The number of nitrogens with two attached hydrogens (primary N) is 1. The van der Waals surface area contributed by atoms with E-state index in [9.17, 15) is 28.0 Å². The number of amidine groups is 1. The van der Waals surface area contributed by atoms with Gasteiger partial charge in [-0.25, -0.2) is 13.8 Å². The molecule has 2 aromatic heterocycles. The highest BCUT2D eigenvalue weighted by Gasteiger charge is 2.53. The number of nitrogens with zero attached hydrogens (tertiary/aromatic N) is 6. The largest absolute Gasteiger partial charge is 0.433 e. The molecule has 2 atom stereocenters. The number of nitriles is 1. The lowest BCUT2D eigenvalue weighted by Gasteiger charge is -2.42. The molecule has 7 rings (SSSR count). The average molecular weight is 667 g/mol. The second kappa shape index (κ2) is 10.8. The van der Waals surface area contributed by atoms with E-state index >= 15 is 8.78 Å². The van der Waals surface area contributed by atoms with E-state index in [1.807, 2.05) is 17.9 Å². The number of alkyl halides is 4. The SMILES string of the molecule is Cc1nn(CC(N)=O)c(C2CC2)c1-c1cc(F)c(C#N)c(N2CC[C@]3(C[C@@H]2C)N=C(c2ccc(C(F)(F)F)nc2C2(F)CC2)NC3=O)c1. The Bertz CT molecular complexity index is 1960. The van der Waals surface area contributed by atoms with Crippen LogP contribution in [-0.2, 0) is 28.0 Å². The minimum Gasteiger partial charge on any atom is -0.368 e. The number of aliphatic imine (C=N–C) groups is 1. The summed E-state index contributed by atoms with van der Waals surface area (Å²) in [5.41, 5.74) is 3.18. The van der Waals surface area contributed by atoms with Crippen LogP contribution < -0.4 is 16.0 Å². The first kappa shape index (κ1) is 31.7. The number of primary amides is 1. The van der Waals surface area contributed by atoms with Crippen molar-refractivity contribution in [1.82, 2.24) is 20.1 Å². The Hall–Kier alpha value is -4.87. The molecule has 4 heterocycles. The lowest BCUT2D eigenvalue weighted by molar-refractivity contribution is -0.141. The first-order valence-corrected chi connectivity index (χ1v) is 15.7. The summed E-state index contributed by atoms with van der Waals surface area (Å²) in [4.78, 5) is 35.3. The number of piperidine rings is 1. The summed E-state index contributed by atoms with van der Waals surface area (Å²) >= 11 is 0. The standard InChI is InChI=1S/C33H31F5N8O2/c1-16-13-32(30(48)42-29(43-32)20-5-6-24(33(36,37)38)41-28(20)31(35)7-8-31)9-10-45(16)23-12-19(11-22(34)21(23)14-39)26-17(2)44-46(15-25(40)47)27(26)18-3-4-18/h5-6,11-12,16,18H,3-4,7-10,13,15H2,1-2H3,(H2,40,47)(H,42,43,48)/t16-,32+/m0/s1. The van der Waals surface area contributed by atoms with E-state index in [-0.39, 0.29) is 61.7 Å². The smallest absolute Gasteiger partial charge is 0.368 e. The highest BCUT2D eigenvalue weighted by molar-refractivity contribution is 6.16. The van der Waals surface area contributed by atoms with Crippen LogP contribution in [-0.4, -0.2) is 50.5 Å². The zero-order chi connectivity index (χ0) is 34.3. The monoisotopic (exact) mass is 666 g/mol. The van der Waals surface area contributed by atoms with Crippen molar-refractivity contribution in [2.24, 2.45) is 10.7 Å². The maximum atomic E-state index is 15.7. The maximum absolute atomic E-state index is 15.7. The van der Waals surface area contributed by atoms with E-state index in [2.05, 4.69) is 20.4 Å². The van der Waals surface area contributed by atoms with Gasteiger partial charge in [-0.1, -0.05) is 0 Å². The van der Waals surface area contributed by atoms with Crippen molar-refractivity contribution in [2.75, 3.05) is 11.4 Å². The van der Waals surface area contributed by atoms with Crippen LogP contribution in [0.25, 0.3) is 11.1 Å². The Morgan fingerprint density at radius 1 is 1.21 bits per heavy atom. The minimum atomic E-state index is -4.77. The van der Waals surface area contributed by atoms with Crippen LogP contribution in [0.15, 0.2) is 29.3 Å². The molecule has 48 heavy (non-hydrogen) atoms. The Morgan fingerprint density at radius 2 is 1.94 bits per heavy atom. The van der Waals surface area contributed by atoms with E-state index < -0.39 is 52.4 Å². The highest BCUT2D eigenvalue weighted by atomic mass is 19.4. The Morgan fingerprint density at radius 3 is 2.54 bits per heavy atom. The predicted octanol–water partition coefficient (Wildman–Crippen LogP) is 4.91. The fourth-order valence-electron chi connectivity index (χ4n) is 7.10. The predicted molar refractivity (Wildman–Crippen MR) is 163 cm³/mol. The van der Waals surface area contributed by atoms with Gasteiger partial charge >= 0.3 is 6.18 Å². The third-order valence-electron chi connectivity index (χ3n) is 9.68. The average Bonchev–Trinajstić information content (AvgIpc) is 3.93. The number of rotatable bonds is 7. The van der Waals surface area contributed by atoms with Crippen molar-refractivity contribution >= 4 is 23.3 Å². The summed E-state index contributed by atoms with van der Waals surface area (Å²) in [6, 6.07) is 6.37. The van der Waals surface area contributed by atoms with Crippen LogP contribution in [0.5, 0.6) is 0 Å². The van der Waals surface area contributed by atoms with Gasteiger partial charge in [-0.2, -0.15) is 23.5 Å². The van der Waals surface area contributed by atoms with Crippen molar-refractivity contribution in [3.05, 3.63) is 64.0 Å². The van der Waals surface area contributed by atoms with Crippen molar-refractivity contribution in [2.45, 2.75) is 88.3 Å². The molecular weight excluding hydrogens is 635 g/mol. The second-order valence-corrected chi connectivity index (χ2v) is 13.2. The van der Waals surface area contributed by atoms with Gasteiger partial charge < -0.3 is 16.0 Å². The summed E-state index contributed by atoms with van der Waals surface area (Å²) in [5, 5.41) is 17.2. The molecule has 15 heteroatoms. The van der Waals surface area contributed by atoms with Gasteiger partial charge in [-0.3, -0.25) is 19.3 Å². The van der Waals surface area contributed by atoms with Gasteiger partial charge in [0.05, 0.1) is 22.8 Å². The maximum Gasteiger partial charge on any atom is 0.433 e. The molecule has 10 nitrogen and oxygen atoms in total. The zero-order valence-corrected chi connectivity index (χ0v) is 26.1. The van der Waals surface area contributed by atoms with E-state index in [0.29, 0.717) is 22.5 Å². The van der Waals surface area contributed by atoms with Crippen LogP contribution >= 0.6 is 0 Å². The number of aryl methyl sites for hydroxylation is 1. The highest BCUT2D eigenvalue weighted by Crippen LogP contribution is 2.51. The molecule has 0 radical (unpaired) electrons. The number of anilines is 1. The van der Waals surface area contributed by atoms with Gasteiger partial charge in [-0.05, 0) is 75.8 Å². The fourth-order valence-corrected chi connectivity index (χ4v) is 7.10. The van der Waals surface area contributed by atoms with Gasteiger partial charge in [0.2, 0.25) is 5.91 Å². The molecule has 0 unspecified atom stereocenters. The number of carbonyl (C=O) groups excluding carboxylic acids is 2. The lowest BCUT2D eigenvalue weighted by atomic mass is 9.83. The zero-order valence-electron chi connectivity index (χ0n) is 26.1. The fraction of sp³-hybridized carbons (Fsp3) is 0.455. The molecule has 3 N–H and O–H groups in total. The Balaban J connectivity index is 1.22. The Labute approximate surface area is 271 Å². The molecule has 2 aliphatic heterocycles. The molecule has 1 aromatic carbocycles. The number of aromatic nitrogens is 3. The summed E-state index contributed by atoms with van der Waals surface area (Å²) < 4.78 is 72.8. The first-order valence-electron chi connectivity index (χ1n) is 15.7. The summed E-state index contributed by atoms with van der Waals surface area (Å²) in [7, 11) is 0. The van der Waals surface area contributed by atoms with Crippen LogP contribution in [0.1, 0.15) is 85.3 Å². The van der Waals surface area contributed by atoms with Crippen molar-refractivity contribution in [1.29, 1.82) is 5.26 Å². The van der Waals surface area contributed by atoms with Crippen molar-refractivity contribution in [3.8, 4) is 17.2 Å². The molecule has 2 saturated carbocycles. The molecular formula is C33H31F5N8O2. The third kappa shape index (κ3) is 5.27. The van der Waals surface area contributed by atoms with Gasteiger partial charge in [0, 0.05) is 36.1 Å². The number of hydrogen-bond acceptors (Lipinski definition) is 7. The third-order valence-corrected chi connectivity index (χ3v) is 9.68. The second-order valence-electron chi connectivity index (χ2n) is 13.2. The minimum absolute atomic E-state index is 0.00330. The van der Waals surface area contributed by atoms with Gasteiger partial charge in [0.1, 0.15) is 41.1 Å². The van der Waals surface area contributed by atoms with Gasteiger partial charge in [-0.15, -0.1) is 0 Å². The number of hydrogen-bond donors (Lipinski definition) is 2. The molecule has 2 aliphatic carbocycles. The molecule has 1 saturated heterocycles. The van der Waals surface area contributed by atoms with Crippen molar-refractivity contribution in [3.63, 3.8) is 0 Å². The number of carbonyl (C=O) groups is 2. The number of pyridine rings is 1. The quantitative estimate of drug-likeness (QED) is 0.344. The summed E-state index contributed by atoms with van der Waals surface area (Å²) in [6.45, 7) is 3.64. The van der Waals surface area contributed by atoms with Crippen LogP contribution in [0.3, 0.4) is 0 Å². The van der Waals surface area contributed by atoms with E-state index in [1.54, 1.807) is 17.7 Å². The number of benzene rings is 1. The van der Waals surface area contributed by atoms with Crippen molar-refractivity contribution < 1.29 is 31.5 Å². The summed E-state index contributed by atoms with van der Waals surface area (Å²) in [5.74, 6) is -1.68. The molecule has 4 aliphatic rings. The normalized spacial score (nSPS) is 23.2. The van der Waals surface area contributed by atoms with E-state index in [4.69, 9.17) is 5.73 Å². The lowest BCUT2D eigenvalue weighted by Crippen LogP contribution is -2.53. The van der Waals surface area contributed by atoms with Crippen LogP contribution in [0, 0.1) is 24.1 Å².